The first-order valence-electron chi connectivity index (χ1n) is 9.39. The Morgan fingerprint density at radius 1 is 0.857 bits per heavy atom. The molecule has 3 heteroatoms. The third-order valence-electron chi connectivity index (χ3n) is 4.33. The van der Waals surface area contributed by atoms with Crippen LogP contribution in [-0.4, -0.2) is 16.0 Å². The molecule has 3 nitrogen and oxygen atoms in total. The summed E-state index contributed by atoms with van der Waals surface area (Å²) in [4.78, 5) is 12.4. The van der Waals surface area contributed by atoms with Gasteiger partial charge in [0.05, 0.1) is 0 Å². The Balaban J connectivity index is 2.35. The van der Waals surface area contributed by atoms with Crippen LogP contribution in [0.4, 0.5) is 0 Å². The van der Waals surface area contributed by atoms with E-state index in [0.29, 0.717) is 24.2 Å². The van der Waals surface area contributed by atoms with E-state index < -0.39 is 0 Å². The maximum atomic E-state index is 12.4. The molecule has 0 unspecified atom stereocenters. The summed E-state index contributed by atoms with van der Waals surface area (Å²) in [7, 11) is 0. The molecule has 2 aromatic carbocycles. The number of hydrogen-bond acceptors (Lipinski definition) is 3. The predicted molar refractivity (Wildman–Crippen MR) is 116 cm³/mol. The molecule has 0 heterocycles. The summed E-state index contributed by atoms with van der Waals surface area (Å²) in [5.74, 6) is 0.314. The van der Waals surface area contributed by atoms with Gasteiger partial charge in [-0.25, -0.2) is 0 Å². The lowest BCUT2D eigenvalue weighted by molar-refractivity contribution is 0.104. The second-order valence-electron chi connectivity index (χ2n) is 7.40. The molecule has 0 amide bonds. The van der Waals surface area contributed by atoms with Crippen LogP contribution in [0.15, 0.2) is 65.8 Å². The van der Waals surface area contributed by atoms with Gasteiger partial charge in [-0.2, -0.15) is 0 Å². The fourth-order valence-corrected chi connectivity index (χ4v) is 2.72. The summed E-state index contributed by atoms with van der Waals surface area (Å²) in [5, 5.41) is 20.0. The molecule has 0 aliphatic heterocycles. The van der Waals surface area contributed by atoms with E-state index in [1.807, 2.05) is 39.8 Å². The van der Waals surface area contributed by atoms with Crippen molar-refractivity contribution >= 4 is 11.9 Å². The summed E-state index contributed by atoms with van der Waals surface area (Å²) in [6, 6.07) is 10.0. The first-order valence-corrected chi connectivity index (χ1v) is 9.39. The quantitative estimate of drug-likeness (QED) is 0.353. The number of aromatic hydroxyl groups is 2. The second-order valence-corrected chi connectivity index (χ2v) is 7.40. The van der Waals surface area contributed by atoms with Gasteiger partial charge in [-0.15, -0.1) is 0 Å². The van der Waals surface area contributed by atoms with Crippen molar-refractivity contribution < 1.29 is 15.0 Å². The van der Waals surface area contributed by atoms with Crippen LogP contribution in [0.2, 0.25) is 0 Å². The highest BCUT2D eigenvalue weighted by Crippen LogP contribution is 2.28. The SMILES string of the molecule is CC(C)=CCc1cc(/C=C/C(=O)c2ccc(O)cc2)cc(CC=C(C)C)c1O. The van der Waals surface area contributed by atoms with Crippen LogP contribution >= 0.6 is 0 Å². The minimum absolute atomic E-state index is 0.131. The van der Waals surface area contributed by atoms with Gasteiger partial charge in [0.1, 0.15) is 11.5 Å². The summed E-state index contributed by atoms with van der Waals surface area (Å²) in [6.45, 7) is 8.12. The molecule has 0 spiro atoms. The maximum Gasteiger partial charge on any atom is 0.185 e. The van der Waals surface area contributed by atoms with E-state index in [4.69, 9.17) is 0 Å². The Labute approximate surface area is 167 Å². The van der Waals surface area contributed by atoms with Gasteiger partial charge in [-0.1, -0.05) is 29.4 Å². The van der Waals surface area contributed by atoms with Gasteiger partial charge in [-0.3, -0.25) is 4.79 Å². The van der Waals surface area contributed by atoms with E-state index in [9.17, 15) is 15.0 Å². The van der Waals surface area contributed by atoms with Gasteiger partial charge in [0.25, 0.3) is 0 Å². The largest absolute Gasteiger partial charge is 0.508 e. The van der Waals surface area contributed by atoms with Crippen LogP contribution in [0.1, 0.15) is 54.7 Å². The molecule has 0 saturated carbocycles. The van der Waals surface area contributed by atoms with Crippen molar-refractivity contribution in [2.24, 2.45) is 0 Å². The fourth-order valence-electron chi connectivity index (χ4n) is 2.72. The molecule has 0 bridgehead atoms. The highest BCUT2D eigenvalue weighted by molar-refractivity contribution is 6.06. The van der Waals surface area contributed by atoms with E-state index in [0.717, 1.165) is 16.7 Å². The smallest absolute Gasteiger partial charge is 0.185 e. The molecule has 0 aliphatic carbocycles. The van der Waals surface area contributed by atoms with Gasteiger partial charge < -0.3 is 10.2 Å². The number of phenols is 2. The zero-order valence-electron chi connectivity index (χ0n) is 17.0. The van der Waals surface area contributed by atoms with Crippen LogP contribution < -0.4 is 0 Å². The number of hydrogen-bond donors (Lipinski definition) is 2. The van der Waals surface area contributed by atoms with Gasteiger partial charge in [-0.05, 0) is 99.7 Å². The maximum absolute atomic E-state index is 12.4. The average molecular weight is 376 g/mol. The van der Waals surface area contributed by atoms with Crippen molar-refractivity contribution in [3.8, 4) is 11.5 Å². The third-order valence-corrected chi connectivity index (χ3v) is 4.33. The standard InChI is InChI=1S/C25H28O3/c1-17(2)5-8-21-15-19(16-22(25(21)28)9-6-18(3)4)7-14-24(27)20-10-12-23(26)13-11-20/h5-7,10-16,26,28H,8-9H2,1-4H3/b14-7+. The first-order chi connectivity index (χ1) is 13.3. The zero-order valence-corrected chi connectivity index (χ0v) is 17.0. The minimum Gasteiger partial charge on any atom is -0.508 e. The van der Waals surface area contributed by atoms with E-state index >= 15 is 0 Å². The van der Waals surface area contributed by atoms with Crippen molar-refractivity contribution in [3.63, 3.8) is 0 Å². The van der Waals surface area contributed by atoms with Gasteiger partial charge in [0.2, 0.25) is 0 Å². The predicted octanol–water partition coefficient (Wildman–Crippen LogP) is 6.01. The van der Waals surface area contributed by atoms with Crippen LogP contribution in [0, 0.1) is 0 Å². The molecule has 0 radical (unpaired) electrons. The molecule has 146 valence electrons. The number of benzene rings is 2. The van der Waals surface area contributed by atoms with Crippen molar-refractivity contribution in [3.05, 3.63) is 88.0 Å². The lowest BCUT2D eigenvalue weighted by Gasteiger charge is -2.10. The normalized spacial score (nSPS) is 10.7. The highest BCUT2D eigenvalue weighted by Gasteiger charge is 2.09. The topological polar surface area (TPSA) is 57.5 Å². The fraction of sp³-hybridized carbons (Fsp3) is 0.240. The average Bonchev–Trinajstić information content (AvgIpc) is 2.65. The molecule has 0 saturated heterocycles. The third kappa shape index (κ3) is 6.27. The molecule has 2 aromatic rings. The van der Waals surface area contributed by atoms with Crippen molar-refractivity contribution in [1.29, 1.82) is 0 Å². The molecule has 28 heavy (non-hydrogen) atoms. The van der Waals surface area contributed by atoms with Crippen LogP contribution in [0.3, 0.4) is 0 Å². The molecule has 0 fully saturated rings. The Morgan fingerprint density at radius 2 is 1.36 bits per heavy atom. The molecule has 2 rings (SSSR count). The summed E-state index contributed by atoms with van der Waals surface area (Å²) in [5.41, 5.74) is 5.46. The van der Waals surface area contributed by atoms with Crippen molar-refractivity contribution in [2.75, 3.05) is 0 Å². The highest BCUT2D eigenvalue weighted by atomic mass is 16.3. The van der Waals surface area contributed by atoms with E-state index in [-0.39, 0.29) is 11.5 Å². The number of phenolic OH excluding ortho intramolecular Hbond substituents is 2. The molecule has 2 N–H and O–H groups in total. The van der Waals surface area contributed by atoms with E-state index in [2.05, 4.69) is 12.2 Å². The number of allylic oxidation sites excluding steroid dienone is 5. The van der Waals surface area contributed by atoms with Gasteiger partial charge in [0, 0.05) is 5.56 Å². The zero-order chi connectivity index (χ0) is 20.7. The lowest BCUT2D eigenvalue weighted by Crippen LogP contribution is -1.95. The number of carbonyl (C=O) groups excluding carboxylic acids is 1. The van der Waals surface area contributed by atoms with Crippen LogP contribution in [0.5, 0.6) is 11.5 Å². The van der Waals surface area contributed by atoms with Crippen molar-refractivity contribution in [1.82, 2.24) is 0 Å². The molecule has 0 aliphatic rings. The van der Waals surface area contributed by atoms with E-state index in [1.54, 1.807) is 18.2 Å². The Hall–Kier alpha value is -3.07. The molecule has 0 aromatic heterocycles. The second kappa shape index (κ2) is 9.75. The van der Waals surface area contributed by atoms with Crippen LogP contribution in [0.25, 0.3) is 6.08 Å². The Morgan fingerprint density at radius 3 is 1.82 bits per heavy atom. The van der Waals surface area contributed by atoms with Crippen molar-refractivity contribution in [2.45, 2.75) is 40.5 Å². The molecular weight excluding hydrogens is 348 g/mol. The minimum atomic E-state index is -0.134. The molecular formula is C25H28O3. The molecule has 0 atom stereocenters. The summed E-state index contributed by atoms with van der Waals surface area (Å²) >= 11 is 0. The Kier molecular flexibility index (Phi) is 7.39. The summed E-state index contributed by atoms with van der Waals surface area (Å²) < 4.78 is 0. The van der Waals surface area contributed by atoms with Gasteiger partial charge >= 0.3 is 0 Å². The van der Waals surface area contributed by atoms with Crippen LogP contribution in [-0.2, 0) is 12.8 Å². The number of ketones is 1. The van der Waals surface area contributed by atoms with Gasteiger partial charge in [0.15, 0.2) is 5.78 Å². The summed E-state index contributed by atoms with van der Waals surface area (Å²) in [6.07, 6.45) is 8.73. The number of carbonyl (C=O) groups is 1. The lowest BCUT2D eigenvalue weighted by atomic mass is 9.97. The number of rotatable bonds is 7. The Bertz CT molecular complexity index is 880. The van der Waals surface area contributed by atoms with E-state index in [1.165, 1.54) is 29.4 Å². The first kappa shape index (κ1) is 21.2. The monoisotopic (exact) mass is 376 g/mol.